The average Bonchev–Trinajstić information content (AvgIpc) is 3.02. The standard InChI is InChI=1S/C12H12F3N3OS/c1-3-7(2)18-4-8(5-19)10(17-18)11-16-9(6-20-11)12(13,14)15/h4-7H,3H2,1-2H3. The predicted octanol–water partition coefficient (Wildman–Crippen LogP) is 3.81. The van der Waals surface area contributed by atoms with Gasteiger partial charge >= 0.3 is 6.18 Å². The van der Waals surface area contributed by atoms with Crippen molar-refractivity contribution in [2.24, 2.45) is 0 Å². The Kier molecular flexibility index (Phi) is 3.94. The van der Waals surface area contributed by atoms with E-state index in [1.807, 2.05) is 13.8 Å². The van der Waals surface area contributed by atoms with Crippen LogP contribution in [0.4, 0.5) is 13.2 Å². The minimum Gasteiger partial charge on any atom is -0.298 e. The third-order valence-corrected chi connectivity index (χ3v) is 3.78. The Morgan fingerprint density at radius 3 is 2.70 bits per heavy atom. The molecule has 1 unspecified atom stereocenters. The summed E-state index contributed by atoms with van der Waals surface area (Å²) < 4.78 is 39.2. The highest BCUT2D eigenvalue weighted by molar-refractivity contribution is 7.13. The number of aldehydes is 1. The van der Waals surface area contributed by atoms with Crippen LogP contribution in [0.15, 0.2) is 11.6 Å². The summed E-state index contributed by atoms with van der Waals surface area (Å²) in [5, 5.41) is 5.20. The molecule has 1 atom stereocenters. The van der Waals surface area contributed by atoms with Gasteiger partial charge in [0.05, 0.1) is 5.56 Å². The first-order valence-electron chi connectivity index (χ1n) is 5.94. The number of carbonyl (C=O) groups is 1. The normalized spacial score (nSPS) is 13.4. The van der Waals surface area contributed by atoms with E-state index in [2.05, 4.69) is 10.1 Å². The molecule has 2 aromatic rings. The average molecular weight is 303 g/mol. The Morgan fingerprint density at radius 2 is 2.20 bits per heavy atom. The third kappa shape index (κ3) is 2.74. The monoisotopic (exact) mass is 303 g/mol. The molecule has 0 spiro atoms. The molecule has 20 heavy (non-hydrogen) atoms. The molecule has 0 amide bonds. The minimum absolute atomic E-state index is 0.0597. The van der Waals surface area contributed by atoms with Crippen LogP contribution in [0.25, 0.3) is 10.7 Å². The molecule has 2 heterocycles. The molecule has 0 aromatic carbocycles. The number of hydrogen-bond acceptors (Lipinski definition) is 4. The van der Waals surface area contributed by atoms with Crippen molar-refractivity contribution in [3.63, 3.8) is 0 Å². The molecule has 0 saturated heterocycles. The van der Waals surface area contributed by atoms with Crippen LogP contribution in [0.3, 0.4) is 0 Å². The van der Waals surface area contributed by atoms with E-state index in [4.69, 9.17) is 0 Å². The highest BCUT2D eigenvalue weighted by Gasteiger charge is 2.34. The quantitative estimate of drug-likeness (QED) is 0.807. The molecule has 0 saturated carbocycles. The van der Waals surface area contributed by atoms with Crippen molar-refractivity contribution < 1.29 is 18.0 Å². The second-order valence-electron chi connectivity index (χ2n) is 4.32. The summed E-state index contributed by atoms with van der Waals surface area (Å²) in [6.45, 7) is 3.87. The Balaban J connectivity index is 2.44. The molecule has 0 aliphatic carbocycles. The van der Waals surface area contributed by atoms with Crippen LogP contribution in [-0.4, -0.2) is 21.1 Å². The van der Waals surface area contributed by atoms with E-state index in [1.54, 1.807) is 4.68 Å². The van der Waals surface area contributed by atoms with Crippen LogP contribution in [0.5, 0.6) is 0 Å². The highest BCUT2D eigenvalue weighted by Crippen LogP contribution is 2.34. The molecular formula is C12H12F3N3OS. The number of hydrogen-bond donors (Lipinski definition) is 0. The zero-order valence-electron chi connectivity index (χ0n) is 10.8. The molecule has 0 radical (unpaired) electrons. The molecule has 0 aliphatic rings. The van der Waals surface area contributed by atoms with Crippen LogP contribution in [0.2, 0.25) is 0 Å². The van der Waals surface area contributed by atoms with Gasteiger partial charge in [-0.25, -0.2) is 4.98 Å². The Hall–Kier alpha value is -1.70. The lowest BCUT2D eigenvalue weighted by Gasteiger charge is -2.07. The third-order valence-electron chi connectivity index (χ3n) is 2.93. The van der Waals surface area contributed by atoms with Gasteiger partial charge in [-0.15, -0.1) is 11.3 Å². The molecule has 0 aliphatic heterocycles. The summed E-state index contributed by atoms with van der Waals surface area (Å²) in [4.78, 5) is 14.5. The molecule has 0 bridgehead atoms. The predicted molar refractivity (Wildman–Crippen MR) is 68.7 cm³/mol. The molecule has 0 N–H and O–H groups in total. The fourth-order valence-corrected chi connectivity index (χ4v) is 2.41. The van der Waals surface area contributed by atoms with Gasteiger partial charge in [0, 0.05) is 17.6 Å². The molecule has 2 rings (SSSR count). The number of aromatic nitrogens is 3. The summed E-state index contributed by atoms with van der Waals surface area (Å²) in [5.41, 5.74) is -0.526. The number of carbonyl (C=O) groups excluding carboxylic acids is 1. The Morgan fingerprint density at radius 1 is 1.50 bits per heavy atom. The van der Waals surface area contributed by atoms with E-state index >= 15 is 0 Å². The number of rotatable bonds is 4. The van der Waals surface area contributed by atoms with Crippen molar-refractivity contribution >= 4 is 17.6 Å². The maximum atomic E-state index is 12.5. The van der Waals surface area contributed by atoms with E-state index in [1.165, 1.54) is 6.20 Å². The highest BCUT2D eigenvalue weighted by atomic mass is 32.1. The first-order valence-corrected chi connectivity index (χ1v) is 6.82. The van der Waals surface area contributed by atoms with Gasteiger partial charge in [-0.2, -0.15) is 18.3 Å². The maximum absolute atomic E-state index is 12.5. The minimum atomic E-state index is -4.49. The second kappa shape index (κ2) is 5.35. The summed E-state index contributed by atoms with van der Waals surface area (Å²) in [6.07, 6.45) is -1.58. The van der Waals surface area contributed by atoms with Crippen LogP contribution >= 0.6 is 11.3 Å². The summed E-state index contributed by atoms with van der Waals surface area (Å²) in [6, 6.07) is 0.0597. The van der Waals surface area contributed by atoms with Gasteiger partial charge in [-0.3, -0.25) is 9.48 Å². The first kappa shape index (κ1) is 14.7. The van der Waals surface area contributed by atoms with E-state index in [-0.39, 0.29) is 22.3 Å². The van der Waals surface area contributed by atoms with Gasteiger partial charge in [0.25, 0.3) is 0 Å². The van der Waals surface area contributed by atoms with Crippen molar-refractivity contribution in [3.05, 3.63) is 22.8 Å². The first-order chi connectivity index (χ1) is 9.36. The summed E-state index contributed by atoms with van der Waals surface area (Å²) in [5.74, 6) is 0. The fourth-order valence-electron chi connectivity index (χ4n) is 1.58. The van der Waals surface area contributed by atoms with Crippen LogP contribution in [-0.2, 0) is 6.18 Å². The molecule has 8 heteroatoms. The van der Waals surface area contributed by atoms with E-state index in [0.717, 1.165) is 23.1 Å². The Bertz CT molecular complexity index is 618. The van der Waals surface area contributed by atoms with Gasteiger partial charge < -0.3 is 0 Å². The topological polar surface area (TPSA) is 47.8 Å². The van der Waals surface area contributed by atoms with Gasteiger partial charge in [0.2, 0.25) is 0 Å². The molecule has 0 fully saturated rings. The SMILES string of the molecule is CCC(C)n1cc(C=O)c(-c2nc(C(F)(F)F)cs2)n1. The van der Waals surface area contributed by atoms with Crippen LogP contribution in [0.1, 0.15) is 42.4 Å². The van der Waals surface area contributed by atoms with Crippen LogP contribution in [0, 0.1) is 0 Å². The van der Waals surface area contributed by atoms with Gasteiger partial charge in [-0.05, 0) is 13.3 Å². The molecule has 108 valence electrons. The van der Waals surface area contributed by atoms with E-state index < -0.39 is 11.9 Å². The zero-order chi connectivity index (χ0) is 14.9. The fraction of sp³-hybridized carbons (Fsp3) is 0.417. The summed E-state index contributed by atoms with van der Waals surface area (Å²) >= 11 is 0.826. The van der Waals surface area contributed by atoms with Gasteiger partial charge in [-0.1, -0.05) is 6.92 Å². The van der Waals surface area contributed by atoms with Crippen molar-refractivity contribution in [2.45, 2.75) is 32.5 Å². The lowest BCUT2D eigenvalue weighted by atomic mass is 10.2. The van der Waals surface area contributed by atoms with Crippen LogP contribution < -0.4 is 0 Å². The molecule has 2 aromatic heterocycles. The van der Waals surface area contributed by atoms with Crippen molar-refractivity contribution in [3.8, 4) is 10.7 Å². The van der Waals surface area contributed by atoms with Gasteiger partial charge in [0.15, 0.2) is 12.0 Å². The summed E-state index contributed by atoms with van der Waals surface area (Å²) in [7, 11) is 0. The van der Waals surface area contributed by atoms with Crippen molar-refractivity contribution in [1.82, 2.24) is 14.8 Å². The van der Waals surface area contributed by atoms with Crippen molar-refractivity contribution in [1.29, 1.82) is 0 Å². The number of nitrogens with zero attached hydrogens (tertiary/aromatic N) is 3. The van der Waals surface area contributed by atoms with E-state index in [9.17, 15) is 18.0 Å². The Labute approximate surface area is 117 Å². The smallest absolute Gasteiger partial charge is 0.298 e. The number of alkyl halides is 3. The van der Waals surface area contributed by atoms with Crippen molar-refractivity contribution in [2.75, 3.05) is 0 Å². The van der Waals surface area contributed by atoms with E-state index in [0.29, 0.717) is 6.29 Å². The number of thiazole rings is 1. The zero-order valence-corrected chi connectivity index (χ0v) is 11.6. The second-order valence-corrected chi connectivity index (χ2v) is 5.18. The molecule has 4 nitrogen and oxygen atoms in total. The number of halogens is 3. The lowest BCUT2D eigenvalue weighted by molar-refractivity contribution is -0.140. The lowest BCUT2D eigenvalue weighted by Crippen LogP contribution is -2.05. The largest absolute Gasteiger partial charge is 0.434 e. The molecular weight excluding hydrogens is 291 g/mol. The van der Waals surface area contributed by atoms with Gasteiger partial charge in [0.1, 0.15) is 10.7 Å². The maximum Gasteiger partial charge on any atom is 0.434 e.